The number of carboxylic acids is 1. The Morgan fingerprint density at radius 3 is 1.72 bits per heavy atom. The number of aromatic carboxylic acids is 1. The zero-order valence-corrected chi connectivity index (χ0v) is 21.8. The van der Waals surface area contributed by atoms with Crippen molar-refractivity contribution in [2.24, 2.45) is 0 Å². The van der Waals surface area contributed by atoms with Gasteiger partial charge in [0.1, 0.15) is 11.5 Å². The van der Waals surface area contributed by atoms with Gasteiger partial charge in [0.15, 0.2) is 0 Å². The first-order valence-corrected chi connectivity index (χ1v) is 13.5. The zero-order chi connectivity index (χ0) is 25.6. The van der Waals surface area contributed by atoms with E-state index in [4.69, 9.17) is 9.47 Å². The summed E-state index contributed by atoms with van der Waals surface area (Å²) in [6.45, 7) is 5.80. The van der Waals surface area contributed by atoms with Gasteiger partial charge in [-0.3, -0.25) is 0 Å². The van der Waals surface area contributed by atoms with Gasteiger partial charge < -0.3 is 14.6 Å². The fourth-order valence-electron chi connectivity index (χ4n) is 4.24. The summed E-state index contributed by atoms with van der Waals surface area (Å²) in [7, 11) is 0. The molecule has 0 aliphatic rings. The molecule has 0 radical (unpaired) electrons. The minimum atomic E-state index is -0.939. The number of benzene rings is 3. The second-order valence-electron chi connectivity index (χ2n) is 9.29. The van der Waals surface area contributed by atoms with Gasteiger partial charge in [0.2, 0.25) is 0 Å². The zero-order valence-electron chi connectivity index (χ0n) is 21.8. The summed E-state index contributed by atoms with van der Waals surface area (Å²) in [5, 5.41) is 9.73. The van der Waals surface area contributed by atoms with Crippen LogP contribution in [0.5, 0.6) is 11.5 Å². The molecule has 0 spiro atoms. The second kappa shape index (κ2) is 15.0. The highest BCUT2D eigenvalue weighted by Gasteiger charge is 2.13. The van der Waals surface area contributed by atoms with E-state index < -0.39 is 5.97 Å². The third-order valence-corrected chi connectivity index (χ3v) is 6.39. The van der Waals surface area contributed by atoms with E-state index in [-0.39, 0.29) is 5.56 Å². The van der Waals surface area contributed by atoms with Crippen LogP contribution in [0.4, 0.5) is 0 Å². The van der Waals surface area contributed by atoms with Gasteiger partial charge in [-0.15, -0.1) is 0 Å². The van der Waals surface area contributed by atoms with E-state index in [2.05, 4.69) is 26.0 Å². The molecule has 0 amide bonds. The molecule has 0 bridgehead atoms. The molecule has 0 saturated heterocycles. The molecule has 0 aliphatic carbocycles. The minimum absolute atomic E-state index is 0.277. The van der Waals surface area contributed by atoms with Crippen molar-refractivity contribution < 1.29 is 19.4 Å². The number of carboxylic acid groups (broad SMARTS) is 1. The summed E-state index contributed by atoms with van der Waals surface area (Å²) >= 11 is 0. The lowest BCUT2D eigenvalue weighted by molar-refractivity contribution is 0.0697. The van der Waals surface area contributed by atoms with E-state index in [0.717, 1.165) is 48.3 Å². The Morgan fingerprint density at radius 2 is 1.08 bits per heavy atom. The molecule has 36 heavy (non-hydrogen) atoms. The van der Waals surface area contributed by atoms with Crippen LogP contribution in [0.3, 0.4) is 0 Å². The summed E-state index contributed by atoms with van der Waals surface area (Å²) in [6, 6.07) is 21.4. The van der Waals surface area contributed by atoms with Crippen molar-refractivity contribution in [3.8, 4) is 33.8 Å². The van der Waals surface area contributed by atoms with Crippen molar-refractivity contribution in [2.45, 2.75) is 71.6 Å². The number of unbranched alkanes of at least 4 members (excludes halogenated alkanes) is 7. The Hall–Kier alpha value is -3.27. The number of rotatable bonds is 16. The number of ether oxygens (including phenoxy) is 2. The standard InChI is InChI=1S/C32H40O4/c1-3-5-7-8-9-11-23-36-29-20-21-30(32(33)34)31(24-29)27-14-12-25(13-15-27)26-16-18-28(19-17-26)35-22-10-6-4-2/h12-21,24H,3-11,22-23H2,1-2H3,(H,33,34). The monoisotopic (exact) mass is 488 g/mol. The Labute approximate surface area is 216 Å². The van der Waals surface area contributed by atoms with E-state index in [1.807, 2.05) is 42.5 Å². The Bertz CT molecular complexity index is 1050. The summed E-state index contributed by atoms with van der Waals surface area (Å²) in [5.41, 5.74) is 3.97. The molecule has 0 aliphatic heterocycles. The molecule has 1 N–H and O–H groups in total. The summed E-state index contributed by atoms with van der Waals surface area (Å²) < 4.78 is 11.8. The maximum atomic E-state index is 11.9. The van der Waals surface area contributed by atoms with E-state index in [1.54, 1.807) is 12.1 Å². The molecule has 3 aromatic carbocycles. The van der Waals surface area contributed by atoms with E-state index in [0.29, 0.717) is 17.9 Å². The summed E-state index contributed by atoms with van der Waals surface area (Å²) in [5.74, 6) is 0.656. The lowest BCUT2D eigenvalue weighted by atomic mass is 9.96. The van der Waals surface area contributed by atoms with Gasteiger partial charge in [-0.2, -0.15) is 0 Å². The first-order valence-electron chi connectivity index (χ1n) is 13.5. The molecule has 3 aromatic rings. The highest BCUT2D eigenvalue weighted by Crippen LogP contribution is 2.31. The van der Waals surface area contributed by atoms with Gasteiger partial charge >= 0.3 is 5.97 Å². The smallest absolute Gasteiger partial charge is 0.336 e. The van der Waals surface area contributed by atoms with Crippen molar-refractivity contribution in [1.82, 2.24) is 0 Å². The highest BCUT2D eigenvalue weighted by atomic mass is 16.5. The van der Waals surface area contributed by atoms with Crippen LogP contribution in [-0.4, -0.2) is 24.3 Å². The average Bonchev–Trinajstić information content (AvgIpc) is 2.91. The Morgan fingerprint density at radius 1 is 0.611 bits per heavy atom. The lowest BCUT2D eigenvalue weighted by Gasteiger charge is -2.12. The molecular weight excluding hydrogens is 448 g/mol. The summed E-state index contributed by atoms with van der Waals surface area (Å²) in [4.78, 5) is 11.9. The molecule has 0 saturated carbocycles. The topological polar surface area (TPSA) is 55.8 Å². The van der Waals surface area contributed by atoms with Gasteiger partial charge in [0.05, 0.1) is 18.8 Å². The van der Waals surface area contributed by atoms with E-state index in [9.17, 15) is 9.90 Å². The first kappa shape index (κ1) is 27.3. The van der Waals surface area contributed by atoms with Crippen LogP contribution in [0, 0.1) is 0 Å². The van der Waals surface area contributed by atoms with Crippen LogP contribution < -0.4 is 9.47 Å². The fraction of sp³-hybridized carbons (Fsp3) is 0.406. The van der Waals surface area contributed by atoms with Crippen molar-refractivity contribution in [1.29, 1.82) is 0 Å². The predicted octanol–water partition coefficient (Wildman–Crippen LogP) is 9.03. The minimum Gasteiger partial charge on any atom is -0.494 e. The molecule has 0 heterocycles. The normalized spacial score (nSPS) is 10.8. The van der Waals surface area contributed by atoms with Crippen LogP contribution in [0.2, 0.25) is 0 Å². The van der Waals surface area contributed by atoms with Crippen molar-refractivity contribution in [3.63, 3.8) is 0 Å². The molecule has 0 aromatic heterocycles. The van der Waals surface area contributed by atoms with Gasteiger partial charge in [-0.05, 0) is 65.4 Å². The first-order chi connectivity index (χ1) is 17.6. The Balaban J connectivity index is 1.65. The molecule has 0 unspecified atom stereocenters. The van der Waals surface area contributed by atoms with Crippen LogP contribution in [-0.2, 0) is 0 Å². The largest absolute Gasteiger partial charge is 0.494 e. The lowest BCUT2D eigenvalue weighted by Crippen LogP contribution is -2.02. The molecular formula is C32H40O4. The number of hydrogen-bond acceptors (Lipinski definition) is 3. The maximum Gasteiger partial charge on any atom is 0.336 e. The van der Waals surface area contributed by atoms with Gasteiger partial charge in [-0.1, -0.05) is 95.2 Å². The maximum absolute atomic E-state index is 11.9. The Kier molecular flexibility index (Phi) is 11.4. The van der Waals surface area contributed by atoms with Crippen molar-refractivity contribution >= 4 is 5.97 Å². The second-order valence-corrected chi connectivity index (χ2v) is 9.29. The van der Waals surface area contributed by atoms with Gasteiger partial charge in [-0.25, -0.2) is 4.79 Å². The molecule has 192 valence electrons. The van der Waals surface area contributed by atoms with E-state index in [1.165, 1.54) is 38.5 Å². The summed E-state index contributed by atoms with van der Waals surface area (Å²) in [6.07, 6.45) is 10.7. The van der Waals surface area contributed by atoms with Crippen LogP contribution >= 0.6 is 0 Å². The molecule has 0 fully saturated rings. The SMILES string of the molecule is CCCCCCCCOc1ccc(C(=O)O)c(-c2ccc(-c3ccc(OCCCCC)cc3)cc2)c1. The fourth-order valence-corrected chi connectivity index (χ4v) is 4.24. The number of hydrogen-bond donors (Lipinski definition) is 1. The molecule has 4 heteroatoms. The van der Waals surface area contributed by atoms with Crippen molar-refractivity contribution in [3.05, 3.63) is 72.3 Å². The van der Waals surface area contributed by atoms with Gasteiger partial charge in [0.25, 0.3) is 0 Å². The molecule has 0 atom stereocenters. The predicted molar refractivity (Wildman–Crippen MR) is 148 cm³/mol. The molecule has 4 nitrogen and oxygen atoms in total. The van der Waals surface area contributed by atoms with Crippen LogP contribution in [0.25, 0.3) is 22.3 Å². The number of carbonyl (C=O) groups is 1. The quantitative estimate of drug-likeness (QED) is 0.204. The highest BCUT2D eigenvalue weighted by molar-refractivity contribution is 5.96. The van der Waals surface area contributed by atoms with Gasteiger partial charge in [0, 0.05) is 0 Å². The van der Waals surface area contributed by atoms with E-state index >= 15 is 0 Å². The molecule has 3 rings (SSSR count). The third kappa shape index (κ3) is 8.44. The van der Waals surface area contributed by atoms with Crippen LogP contribution in [0.15, 0.2) is 66.7 Å². The van der Waals surface area contributed by atoms with Crippen molar-refractivity contribution in [2.75, 3.05) is 13.2 Å². The third-order valence-electron chi connectivity index (χ3n) is 6.39. The average molecular weight is 489 g/mol. The van der Waals surface area contributed by atoms with Crippen LogP contribution in [0.1, 0.15) is 82.0 Å².